The summed E-state index contributed by atoms with van der Waals surface area (Å²) in [7, 11) is 1.40. The van der Waals surface area contributed by atoms with E-state index in [0.717, 1.165) is 0 Å². The van der Waals surface area contributed by atoms with Crippen LogP contribution < -0.4 is 5.32 Å². The molecule has 0 aromatic heterocycles. The first-order chi connectivity index (χ1) is 16.9. The Morgan fingerprint density at radius 1 is 0.861 bits per heavy atom. The molecule has 0 heterocycles. The fourth-order valence-electron chi connectivity index (χ4n) is 4.23. The van der Waals surface area contributed by atoms with E-state index in [2.05, 4.69) is 71.1 Å². The van der Waals surface area contributed by atoms with Crippen LogP contribution in [-0.4, -0.2) is 52.8 Å². The summed E-state index contributed by atoms with van der Waals surface area (Å²) in [6, 6.07) is 16.1. The van der Waals surface area contributed by atoms with Crippen LogP contribution in [0.5, 0.6) is 0 Å². The maximum atomic E-state index is 13.1. The lowest BCUT2D eigenvalue weighted by atomic mass is 9.98. The molecule has 7 heteroatoms. The molecule has 36 heavy (non-hydrogen) atoms. The molecule has 196 valence electrons. The minimum Gasteiger partial charge on any atom is -0.469 e. The van der Waals surface area contributed by atoms with Gasteiger partial charge < -0.3 is 14.8 Å². The van der Waals surface area contributed by atoms with Crippen LogP contribution in [0, 0.1) is 5.92 Å². The quantitative estimate of drug-likeness (QED) is 0.363. The van der Waals surface area contributed by atoms with E-state index in [0.29, 0.717) is 11.5 Å². The van der Waals surface area contributed by atoms with Crippen molar-refractivity contribution in [3.63, 3.8) is 0 Å². The molecule has 5 nitrogen and oxygen atoms in total. The molecule has 3 rings (SSSR count). The Labute approximate surface area is 224 Å². The zero-order valence-electron chi connectivity index (χ0n) is 22.4. The number of methoxy groups -OCH3 is 1. The molecule has 0 radical (unpaired) electrons. The molecule has 2 aromatic carbocycles. The minimum absolute atomic E-state index is 0.0149. The predicted molar refractivity (Wildman–Crippen MR) is 152 cm³/mol. The minimum atomic E-state index is -0.508. The van der Waals surface area contributed by atoms with Gasteiger partial charge in [0, 0.05) is 26.9 Å². The second-order valence-corrected chi connectivity index (χ2v) is 14.7. The van der Waals surface area contributed by atoms with E-state index in [1.807, 2.05) is 24.3 Å². The van der Waals surface area contributed by atoms with E-state index < -0.39 is 18.1 Å². The van der Waals surface area contributed by atoms with Gasteiger partial charge in [-0.25, -0.2) is 4.79 Å². The molecular weight excluding hydrogens is 490 g/mol. The molecule has 1 N–H and O–H groups in total. The molecule has 0 fully saturated rings. The van der Waals surface area contributed by atoms with E-state index in [-0.39, 0.29) is 28.0 Å². The number of hydrogen-bond donors (Lipinski definition) is 1. The molecule has 0 aliphatic heterocycles. The maximum Gasteiger partial charge on any atom is 0.407 e. The highest BCUT2D eigenvalue weighted by atomic mass is 32.2. The third-order valence-corrected chi connectivity index (χ3v) is 8.81. The van der Waals surface area contributed by atoms with E-state index in [9.17, 15) is 9.59 Å². The predicted octanol–water partition coefficient (Wildman–Crippen LogP) is 6.75. The van der Waals surface area contributed by atoms with E-state index in [1.165, 1.54) is 29.4 Å². The Kier molecular flexibility index (Phi) is 9.44. The lowest BCUT2D eigenvalue weighted by Crippen LogP contribution is -2.47. The fraction of sp³-hybridized carbons (Fsp3) is 0.517. The number of nitrogens with one attached hydrogen (secondary N) is 1. The normalized spacial score (nSPS) is 15.0. The zero-order chi connectivity index (χ0) is 26.5. The van der Waals surface area contributed by atoms with E-state index >= 15 is 0 Å². The van der Waals surface area contributed by atoms with Crippen LogP contribution in [0.15, 0.2) is 48.5 Å². The maximum absolute atomic E-state index is 13.1. The number of esters is 1. The molecule has 1 amide bonds. The van der Waals surface area contributed by atoms with Crippen molar-refractivity contribution in [3.05, 3.63) is 59.7 Å². The topological polar surface area (TPSA) is 64.6 Å². The highest BCUT2D eigenvalue weighted by molar-refractivity contribution is 8.01. The van der Waals surface area contributed by atoms with Crippen LogP contribution in [0.1, 0.15) is 58.6 Å². The van der Waals surface area contributed by atoms with Crippen molar-refractivity contribution >= 4 is 35.6 Å². The largest absolute Gasteiger partial charge is 0.469 e. The van der Waals surface area contributed by atoms with Gasteiger partial charge in [-0.3, -0.25) is 4.79 Å². The van der Waals surface area contributed by atoms with Gasteiger partial charge in [-0.2, -0.15) is 23.5 Å². The average molecular weight is 530 g/mol. The summed E-state index contributed by atoms with van der Waals surface area (Å²) in [6.07, 6.45) is -0.508. The van der Waals surface area contributed by atoms with Crippen molar-refractivity contribution < 1.29 is 19.1 Å². The number of hydrogen-bond acceptors (Lipinski definition) is 6. The molecular formula is C29H39NO4S2. The molecule has 0 bridgehead atoms. The van der Waals surface area contributed by atoms with Crippen LogP contribution in [-0.2, 0) is 14.3 Å². The lowest BCUT2D eigenvalue weighted by molar-refractivity contribution is -0.145. The third kappa shape index (κ3) is 7.69. The number of carbonyl (C=O) groups excluding carboxylic acids is 2. The van der Waals surface area contributed by atoms with Gasteiger partial charge >= 0.3 is 12.1 Å². The number of fused-ring (bicyclic) bond motifs is 3. The first kappa shape index (κ1) is 28.5. The third-order valence-electron chi connectivity index (χ3n) is 6.03. The van der Waals surface area contributed by atoms with E-state index in [1.54, 1.807) is 23.5 Å². The number of rotatable bonds is 9. The van der Waals surface area contributed by atoms with Crippen LogP contribution in [0.25, 0.3) is 11.1 Å². The van der Waals surface area contributed by atoms with Gasteiger partial charge in [0.1, 0.15) is 6.61 Å². The highest BCUT2D eigenvalue weighted by Gasteiger charge is 2.34. The summed E-state index contributed by atoms with van der Waals surface area (Å²) >= 11 is 3.40. The fourth-order valence-corrected chi connectivity index (χ4v) is 6.27. The summed E-state index contributed by atoms with van der Waals surface area (Å²) in [5.74, 6) is 0.325. The molecule has 0 saturated carbocycles. The van der Waals surface area contributed by atoms with Gasteiger partial charge in [0.2, 0.25) is 0 Å². The number of amides is 1. The standard InChI is InChI=1S/C29H39NO4S2/c1-28(2,3)35-17-24(26(31)33-7)25(18-36-29(4,5)6)30-27(32)34-16-23-21-14-10-8-12-19(21)20-13-9-11-15-22(20)23/h8-15,23-25H,16-18H2,1-7H3,(H,30,32)/t24-,25+/m1/s1. The Hall–Kier alpha value is -2.12. The van der Waals surface area contributed by atoms with Gasteiger partial charge in [-0.1, -0.05) is 90.1 Å². The smallest absolute Gasteiger partial charge is 0.407 e. The summed E-state index contributed by atoms with van der Waals surface area (Å²) in [6.45, 7) is 13.0. The number of thioether (sulfide) groups is 2. The summed E-state index contributed by atoms with van der Waals surface area (Å²) in [5.41, 5.74) is 4.71. The second-order valence-electron chi connectivity index (χ2n) is 11.1. The van der Waals surface area contributed by atoms with Crippen LogP contribution in [0.2, 0.25) is 0 Å². The Morgan fingerprint density at radius 3 is 1.86 bits per heavy atom. The summed E-state index contributed by atoms with van der Waals surface area (Å²) in [5, 5.41) is 3.02. The van der Waals surface area contributed by atoms with Crippen molar-refractivity contribution in [1.82, 2.24) is 5.32 Å². The zero-order valence-corrected chi connectivity index (χ0v) is 24.1. The number of benzene rings is 2. The first-order valence-corrected chi connectivity index (χ1v) is 14.3. The molecule has 0 saturated heterocycles. The van der Waals surface area contributed by atoms with Crippen LogP contribution >= 0.6 is 23.5 Å². The number of alkyl carbamates (subject to hydrolysis) is 1. The van der Waals surface area contributed by atoms with Crippen molar-refractivity contribution in [2.75, 3.05) is 25.2 Å². The van der Waals surface area contributed by atoms with Crippen LogP contribution in [0.3, 0.4) is 0 Å². The monoisotopic (exact) mass is 529 g/mol. The molecule has 1 aliphatic carbocycles. The SMILES string of the molecule is COC(=O)[C@H](CSC(C)(C)C)[C@H](CSC(C)(C)C)NC(=O)OCC1c2ccccc2-c2ccccc21. The summed E-state index contributed by atoms with van der Waals surface area (Å²) in [4.78, 5) is 25.9. The van der Waals surface area contributed by atoms with Gasteiger partial charge in [0.05, 0.1) is 19.1 Å². The van der Waals surface area contributed by atoms with Crippen molar-refractivity contribution in [2.24, 2.45) is 5.92 Å². The Morgan fingerprint density at radius 2 is 1.36 bits per heavy atom. The Balaban J connectivity index is 1.74. The molecule has 0 unspecified atom stereocenters. The Bertz CT molecular complexity index is 1010. The highest BCUT2D eigenvalue weighted by Crippen LogP contribution is 2.44. The molecule has 0 spiro atoms. The molecule has 2 atom stereocenters. The van der Waals surface area contributed by atoms with Gasteiger partial charge in [0.25, 0.3) is 0 Å². The number of carbonyl (C=O) groups is 2. The average Bonchev–Trinajstić information content (AvgIpc) is 3.13. The van der Waals surface area contributed by atoms with Gasteiger partial charge in [0.15, 0.2) is 0 Å². The number of ether oxygens (including phenoxy) is 2. The van der Waals surface area contributed by atoms with Crippen molar-refractivity contribution in [3.8, 4) is 11.1 Å². The lowest BCUT2D eigenvalue weighted by Gasteiger charge is -2.30. The summed E-state index contributed by atoms with van der Waals surface area (Å²) < 4.78 is 10.9. The van der Waals surface area contributed by atoms with E-state index in [4.69, 9.17) is 9.47 Å². The van der Waals surface area contributed by atoms with Crippen molar-refractivity contribution in [2.45, 2.75) is 63.0 Å². The first-order valence-electron chi connectivity index (χ1n) is 12.4. The molecule has 1 aliphatic rings. The second kappa shape index (κ2) is 12.0. The van der Waals surface area contributed by atoms with Crippen molar-refractivity contribution in [1.29, 1.82) is 0 Å². The van der Waals surface area contributed by atoms with Gasteiger partial charge in [-0.15, -0.1) is 0 Å². The van der Waals surface area contributed by atoms with Crippen LogP contribution in [0.4, 0.5) is 4.79 Å². The van der Waals surface area contributed by atoms with Gasteiger partial charge in [-0.05, 0) is 22.3 Å². The molecule has 2 aromatic rings.